The zero-order valence-corrected chi connectivity index (χ0v) is 14.9. The Hall–Kier alpha value is -2.96. The van der Waals surface area contributed by atoms with Gasteiger partial charge >= 0.3 is 6.18 Å². The highest BCUT2D eigenvalue weighted by atomic mass is 19.4. The first-order valence-electron chi connectivity index (χ1n) is 8.48. The van der Waals surface area contributed by atoms with Gasteiger partial charge in [-0.05, 0) is 32.0 Å². The molecule has 0 radical (unpaired) electrons. The van der Waals surface area contributed by atoms with Crippen molar-refractivity contribution in [2.75, 3.05) is 13.1 Å². The molecule has 0 aliphatic rings. The number of rotatable bonds is 4. The van der Waals surface area contributed by atoms with Crippen molar-refractivity contribution in [3.63, 3.8) is 0 Å². The van der Waals surface area contributed by atoms with Gasteiger partial charge in [-0.25, -0.2) is 9.97 Å². The average molecular weight is 373 g/mol. The van der Waals surface area contributed by atoms with Crippen LogP contribution in [0.25, 0.3) is 22.2 Å². The van der Waals surface area contributed by atoms with Crippen LogP contribution in [0.3, 0.4) is 0 Å². The molecule has 2 aromatic carbocycles. The Kier molecular flexibility index (Phi) is 5.12. The molecular formula is C20H18F3N3O. The molecule has 0 spiro atoms. The van der Waals surface area contributed by atoms with E-state index in [4.69, 9.17) is 0 Å². The number of hydrogen-bond donors (Lipinski definition) is 0. The van der Waals surface area contributed by atoms with Crippen molar-refractivity contribution in [3.05, 3.63) is 59.9 Å². The van der Waals surface area contributed by atoms with Crippen LogP contribution in [0.5, 0.6) is 0 Å². The second-order valence-electron chi connectivity index (χ2n) is 6.15. The lowest BCUT2D eigenvalue weighted by molar-refractivity contribution is -0.140. The van der Waals surface area contributed by atoms with E-state index in [1.165, 1.54) is 19.1 Å². The first kappa shape index (κ1) is 18.8. The largest absolute Gasteiger partial charge is 0.406 e. The lowest BCUT2D eigenvalue weighted by Gasteiger charge is -2.22. The van der Waals surface area contributed by atoms with Gasteiger partial charge in [-0.3, -0.25) is 4.79 Å². The number of alkyl halides is 3. The van der Waals surface area contributed by atoms with Gasteiger partial charge in [-0.15, -0.1) is 0 Å². The topological polar surface area (TPSA) is 46.1 Å². The van der Waals surface area contributed by atoms with Gasteiger partial charge < -0.3 is 4.90 Å². The SMILES string of the molecule is CCN(CC(F)(F)F)C(=O)c1ccc(-c2nc(C)nc3ccccc23)cc1. The number of carbonyl (C=O) groups is 1. The molecule has 0 bridgehead atoms. The number of halogens is 3. The smallest absolute Gasteiger partial charge is 0.330 e. The normalized spacial score (nSPS) is 11.6. The van der Waals surface area contributed by atoms with E-state index in [9.17, 15) is 18.0 Å². The summed E-state index contributed by atoms with van der Waals surface area (Å²) in [4.78, 5) is 22.0. The maximum absolute atomic E-state index is 12.6. The molecule has 1 amide bonds. The van der Waals surface area contributed by atoms with Gasteiger partial charge in [0.1, 0.15) is 12.4 Å². The summed E-state index contributed by atoms with van der Waals surface area (Å²) in [6.07, 6.45) is -4.43. The number of carbonyl (C=O) groups excluding carboxylic acids is 1. The van der Waals surface area contributed by atoms with Crippen molar-refractivity contribution < 1.29 is 18.0 Å². The predicted octanol–water partition coefficient (Wildman–Crippen LogP) is 4.63. The Bertz CT molecular complexity index is 968. The van der Waals surface area contributed by atoms with E-state index in [1.54, 1.807) is 19.1 Å². The third kappa shape index (κ3) is 4.24. The summed E-state index contributed by atoms with van der Waals surface area (Å²) < 4.78 is 37.9. The van der Waals surface area contributed by atoms with Gasteiger partial charge in [-0.2, -0.15) is 13.2 Å². The van der Waals surface area contributed by atoms with Crippen molar-refractivity contribution in [1.82, 2.24) is 14.9 Å². The van der Waals surface area contributed by atoms with Gasteiger partial charge in [0.25, 0.3) is 5.91 Å². The summed E-state index contributed by atoms with van der Waals surface area (Å²) in [5, 5.41) is 0.870. The van der Waals surface area contributed by atoms with Crippen LogP contribution in [0.4, 0.5) is 13.2 Å². The number of amides is 1. The van der Waals surface area contributed by atoms with Crippen LogP contribution < -0.4 is 0 Å². The molecule has 3 rings (SSSR count). The molecule has 0 atom stereocenters. The third-order valence-electron chi connectivity index (χ3n) is 4.16. The van der Waals surface area contributed by atoms with E-state index >= 15 is 0 Å². The van der Waals surface area contributed by atoms with E-state index in [1.807, 2.05) is 24.3 Å². The van der Waals surface area contributed by atoms with Crippen molar-refractivity contribution in [2.45, 2.75) is 20.0 Å². The molecule has 0 N–H and O–H groups in total. The molecule has 27 heavy (non-hydrogen) atoms. The summed E-state index contributed by atoms with van der Waals surface area (Å²) in [6, 6.07) is 14.0. The number of nitrogens with zero attached hydrogens (tertiary/aromatic N) is 3. The van der Waals surface area contributed by atoms with Gasteiger partial charge in [0.2, 0.25) is 0 Å². The number of hydrogen-bond acceptors (Lipinski definition) is 3. The minimum absolute atomic E-state index is 0.0180. The highest BCUT2D eigenvalue weighted by molar-refractivity contribution is 5.96. The Morgan fingerprint density at radius 3 is 2.33 bits per heavy atom. The Balaban J connectivity index is 1.93. The molecule has 7 heteroatoms. The standard InChI is InChI=1S/C20H18F3N3O/c1-3-26(12-20(21,22)23)19(27)15-10-8-14(9-11-15)18-16-6-4-5-7-17(16)24-13(2)25-18/h4-11H,3,12H2,1-2H3. The lowest BCUT2D eigenvalue weighted by Crippen LogP contribution is -2.38. The van der Waals surface area contributed by atoms with Crippen LogP contribution in [-0.2, 0) is 0 Å². The van der Waals surface area contributed by atoms with Crippen LogP contribution in [0, 0.1) is 6.92 Å². The van der Waals surface area contributed by atoms with Gasteiger partial charge in [-0.1, -0.05) is 30.3 Å². The molecule has 1 aromatic heterocycles. The van der Waals surface area contributed by atoms with Crippen molar-refractivity contribution in [2.24, 2.45) is 0 Å². The molecule has 0 unspecified atom stereocenters. The highest BCUT2D eigenvalue weighted by Crippen LogP contribution is 2.26. The van der Waals surface area contributed by atoms with E-state index in [2.05, 4.69) is 9.97 Å². The summed E-state index contributed by atoms with van der Waals surface area (Å²) >= 11 is 0. The van der Waals surface area contributed by atoms with Gasteiger partial charge in [0.05, 0.1) is 11.2 Å². The lowest BCUT2D eigenvalue weighted by atomic mass is 10.0. The summed E-state index contributed by atoms with van der Waals surface area (Å²) in [5.74, 6) is -0.0312. The first-order valence-corrected chi connectivity index (χ1v) is 8.48. The Morgan fingerprint density at radius 1 is 1.04 bits per heavy atom. The minimum Gasteiger partial charge on any atom is -0.330 e. The van der Waals surface area contributed by atoms with Crippen LogP contribution in [0.2, 0.25) is 0 Å². The van der Waals surface area contributed by atoms with E-state index in [-0.39, 0.29) is 12.1 Å². The molecule has 140 valence electrons. The van der Waals surface area contributed by atoms with Crippen molar-refractivity contribution in [3.8, 4) is 11.3 Å². The predicted molar refractivity (Wildman–Crippen MR) is 97.3 cm³/mol. The fourth-order valence-corrected chi connectivity index (χ4v) is 2.91. The minimum atomic E-state index is -4.43. The summed E-state index contributed by atoms with van der Waals surface area (Å²) in [5.41, 5.74) is 2.51. The van der Waals surface area contributed by atoms with Crippen molar-refractivity contribution in [1.29, 1.82) is 0 Å². The zero-order valence-electron chi connectivity index (χ0n) is 14.9. The maximum Gasteiger partial charge on any atom is 0.406 e. The van der Waals surface area contributed by atoms with E-state index in [0.29, 0.717) is 5.82 Å². The highest BCUT2D eigenvalue weighted by Gasteiger charge is 2.32. The number of benzene rings is 2. The molecule has 1 heterocycles. The molecule has 3 aromatic rings. The Labute approximate surface area is 154 Å². The maximum atomic E-state index is 12.6. The quantitative estimate of drug-likeness (QED) is 0.670. The van der Waals surface area contributed by atoms with Crippen LogP contribution in [-0.4, -0.2) is 40.0 Å². The first-order chi connectivity index (χ1) is 12.8. The number of para-hydroxylation sites is 1. The third-order valence-corrected chi connectivity index (χ3v) is 4.16. The van der Waals surface area contributed by atoms with Crippen LogP contribution in [0.15, 0.2) is 48.5 Å². The summed E-state index contributed by atoms with van der Waals surface area (Å²) in [7, 11) is 0. The van der Waals surface area contributed by atoms with Crippen LogP contribution in [0.1, 0.15) is 23.1 Å². The fourth-order valence-electron chi connectivity index (χ4n) is 2.91. The molecule has 0 aliphatic carbocycles. The Morgan fingerprint density at radius 2 is 1.70 bits per heavy atom. The number of aryl methyl sites for hydroxylation is 1. The number of fused-ring (bicyclic) bond motifs is 1. The average Bonchev–Trinajstić information content (AvgIpc) is 2.64. The van der Waals surface area contributed by atoms with Crippen molar-refractivity contribution >= 4 is 16.8 Å². The zero-order chi connectivity index (χ0) is 19.6. The van der Waals surface area contributed by atoms with Gasteiger partial charge in [0.15, 0.2) is 0 Å². The fraction of sp³-hybridized carbons (Fsp3) is 0.250. The molecular weight excluding hydrogens is 355 g/mol. The van der Waals surface area contributed by atoms with Gasteiger partial charge in [0, 0.05) is 23.1 Å². The molecule has 4 nitrogen and oxygen atoms in total. The monoisotopic (exact) mass is 373 g/mol. The second-order valence-corrected chi connectivity index (χ2v) is 6.15. The molecule has 0 saturated heterocycles. The summed E-state index contributed by atoms with van der Waals surface area (Å²) in [6.45, 7) is 2.04. The molecule has 0 fully saturated rings. The van der Waals surface area contributed by atoms with E-state index in [0.717, 1.165) is 27.1 Å². The van der Waals surface area contributed by atoms with Crippen LogP contribution >= 0.6 is 0 Å². The number of aromatic nitrogens is 2. The molecule has 0 saturated carbocycles. The molecule has 0 aliphatic heterocycles. The van der Waals surface area contributed by atoms with E-state index < -0.39 is 18.6 Å². The second kappa shape index (κ2) is 7.34.